The molecule has 9 nitrogen and oxygen atoms in total. The van der Waals surface area contributed by atoms with Crippen molar-refractivity contribution >= 4 is 28.4 Å². The monoisotopic (exact) mass is 528 g/mol. The van der Waals surface area contributed by atoms with E-state index in [0.717, 1.165) is 22.0 Å². The van der Waals surface area contributed by atoms with Gasteiger partial charge in [-0.15, -0.1) is 0 Å². The van der Waals surface area contributed by atoms with Gasteiger partial charge in [0.15, 0.2) is 0 Å². The highest BCUT2D eigenvalue weighted by Gasteiger charge is 2.24. The number of H-pyrrole nitrogens is 1. The molecule has 0 saturated heterocycles. The number of aromatic nitrogens is 1. The van der Waals surface area contributed by atoms with Gasteiger partial charge in [-0.1, -0.05) is 54.6 Å². The molecule has 0 saturated carbocycles. The fraction of sp³-hybridized carbons (Fsp3) is 0.267. The molecule has 0 aliphatic carbocycles. The lowest BCUT2D eigenvalue weighted by molar-refractivity contribution is -0.384. The van der Waals surface area contributed by atoms with Crippen molar-refractivity contribution in [3.8, 4) is 0 Å². The van der Waals surface area contributed by atoms with Crippen LogP contribution in [-0.4, -0.2) is 64.9 Å². The van der Waals surface area contributed by atoms with Crippen molar-refractivity contribution in [1.82, 2.24) is 14.8 Å². The van der Waals surface area contributed by atoms with E-state index in [1.165, 1.54) is 29.2 Å². The fourth-order valence-corrected chi connectivity index (χ4v) is 4.54. The van der Waals surface area contributed by atoms with Crippen LogP contribution in [0.1, 0.15) is 27.9 Å². The topological polar surface area (TPSA) is 109 Å². The van der Waals surface area contributed by atoms with Crippen LogP contribution >= 0.6 is 0 Å². The van der Waals surface area contributed by atoms with E-state index in [1.54, 1.807) is 12.0 Å². The Balaban J connectivity index is 1.54. The van der Waals surface area contributed by atoms with Gasteiger partial charge in [0.05, 0.1) is 4.92 Å². The molecule has 0 radical (unpaired) electrons. The molecular weight excluding hydrogens is 496 g/mol. The standard InChI is InChI=1S/C30H32N4O5/c1-39-18-8-16-33(30(36)24-11-7-12-26(19-24)34(37)38)22-29(35)32(21-23-9-3-2-4-10-23)17-15-25-20-31-28-14-6-5-13-27(25)28/h2-7,9-14,19-20,31H,8,15-18,21-22H2,1H3. The van der Waals surface area contributed by atoms with Crippen LogP contribution in [0.3, 0.4) is 0 Å². The first-order valence-corrected chi connectivity index (χ1v) is 12.9. The Morgan fingerprint density at radius 1 is 0.949 bits per heavy atom. The van der Waals surface area contributed by atoms with E-state index in [1.807, 2.05) is 54.7 Å². The molecule has 4 rings (SSSR count). The number of amides is 2. The molecule has 9 heteroatoms. The average molecular weight is 529 g/mol. The van der Waals surface area contributed by atoms with Crippen molar-refractivity contribution in [2.45, 2.75) is 19.4 Å². The van der Waals surface area contributed by atoms with E-state index in [-0.39, 0.29) is 30.2 Å². The summed E-state index contributed by atoms with van der Waals surface area (Å²) < 4.78 is 5.15. The summed E-state index contributed by atoms with van der Waals surface area (Å²) in [6, 6.07) is 23.4. The van der Waals surface area contributed by atoms with Crippen molar-refractivity contribution in [2.24, 2.45) is 0 Å². The quantitative estimate of drug-likeness (QED) is 0.152. The van der Waals surface area contributed by atoms with Gasteiger partial charge in [0.25, 0.3) is 11.6 Å². The zero-order valence-electron chi connectivity index (χ0n) is 21.9. The molecule has 0 fully saturated rings. The number of ether oxygens (including phenoxy) is 1. The Morgan fingerprint density at radius 3 is 2.49 bits per heavy atom. The molecule has 0 unspecified atom stereocenters. The second-order valence-electron chi connectivity index (χ2n) is 9.29. The number of benzene rings is 3. The minimum atomic E-state index is -0.538. The van der Waals surface area contributed by atoms with Crippen molar-refractivity contribution in [2.75, 3.05) is 33.4 Å². The molecule has 0 spiro atoms. The Hall–Kier alpha value is -4.50. The molecular formula is C30H32N4O5. The third-order valence-electron chi connectivity index (χ3n) is 6.59. The number of non-ortho nitro benzene ring substituents is 1. The summed E-state index contributed by atoms with van der Waals surface area (Å²) in [6.45, 7) is 1.42. The first kappa shape index (κ1) is 27.5. The zero-order chi connectivity index (χ0) is 27.6. The summed E-state index contributed by atoms with van der Waals surface area (Å²) in [5.74, 6) is -0.630. The van der Waals surface area contributed by atoms with E-state index >= 15 is 0 Å². The summed E-state index contributed by atoms with van der Waals surface area (Å²) in [5, 5.41) is 12.4. The molecule has 0 atom stereocenters. The third kappa shape index (κ3) is 7.30. The molecule has 0 aliphatic rings. The molecule has 1 aromatic heterocycles. The number of fused-ring (bicyclic) bond motifs is 1. The molecule has 39 heavy (non-hydrogen) atoms. The number of nitrogens with zero attached hydrogens (tertiary/aromatic N) is 3. The molecule has 1 N–H and O–H groups in total. The number of rotatable bonds is 13. The minimum absolute atomic E-state index is 0.147. The third-order valence-corrected chi connectivity index (χ3v) is 6.59. The van der Waals surface area contributed by atoms with Gasteiger partial charge in [0, 0.05) is 68.1 Å². The molecule has 202 valence electrons. The maximum absolute atomic E-state index is 13.7. The Bertz CT molecular complexity index is 1420. The lowest BCUT2D eigenvalue weighted by atomic mass is 10.1. The van der Waals surface area contributed by atoms with Crippen molar-refractivity contribution in [3.05, 3.63) is 112 Å². The Kier molecular flexibility index (Phi) is 9.42. The van der Waals surface area contributed by atoms with Gasteiger partial charge in [-0.2, -0.15) is 0 Å². The zero-order valence-corrected chi connectivity index (χ0v) is 21.9. The number of nitrogens with one attached hydrogen (secondary N) is 1. The van der Waals surface area contributed by atoms with Crippen molar-refractivity contribution in [1.29, 1.82) is 0 Å². The van der Waals surface area contributed by atoms with Gasteiger partial charge < -0.3 is 19.5 Å². The van der Waals surface area contributed by atoms with Gasteiger partial charge in [0.2, 0.25) is 5.91 Å². The van der Waals surface area contributed by atoms with Gasteiger partial charge in [-0.3, -0.25) is 19.7 Å². The van der Waals surface area contributed by atoms with E-state index in [2.05, 4.69) is 11.1 Å². The lowest BCUT2D eigenvalue weighted by Gasteiger charge is -2.28. The number of hydrogen-bond donors (Lipinski definition) is 1. The van der Waals surface area contributed by atoms with Gasteiger partial charge >= 0.3 is 0 Å². The van der Waals surface area contributed by atoms with Crippen molar-refractivity contribution in [3.63, 3.8) is 0 Å². The van der Waals surface area contributed by atoms with Gasteiger partial charge in [0.1, 0.15) is 6.54 Å². The van der Waals surface area contributed by atoms with Crippen molar-refractivity contribution < 1.29 is 19.2 Å². The number of para-hydroxylation sites is 1. The predicted molar refractivity (Wildman–Crippen MR) is 149 cm³/mol. The number of aromatic amines is 1. The smallest absolute Gasteiger partial charge is 0.270 e. The number of hydrogen-bond acceptors (Lipinski definition) is 5. The van der Waals surface area contributed by atoms with Crippen LogP contribution in [0.4, 0.5) is 5.69 Å². The fourth-order valence-electron chi connectivity index (χ4n) is 4.54. The minimum Gasteiger partial charge on any atom is -0.385 e. The highest BCUT2D eigenvalue weighted by molar-refractivity contribution is 5.97. The van der Waals surface area contributed by atoms with Crippen LogP contribution in [0.5, 0.6) is 0 Å². The highest BCUT2D eigenvalue weighted by atomic mass is 16.6. The molecule has 4 aromatic rings. The van der Waals surface area contributed by atoms with Gasteiger partial charge in [-0.25, -0.2) is 0 Å². The Labute approximate surface area is 227 Å². The summed E-state index contributed by atoms with van der Waals surface area (Å²) in [4.78, 5) is 44.3. The summed E-state index contributed by atoms with van der Waals surface area (Å²) >= 11 is 0. The SMILES string of the molecule is COCCCN(CC(=O)N(CCc1c[nH]c2ccccc12)Cc1ccccc1)C(=O)c1cccc([N+](=O)[O-])c1. The van der Waals surface area contributed by atoms with Crippen LogP contribution in [0.2, 0.25) is 0 Å². The van der Waals surface area contributed by atoms with Crippen LogP contribution in [0.15, 0.2) is 85.1 Å². The van der Waals surface area contributed by atoms with Gasteiger partial charge in [-0.05, 0) is 36.1 Å². The lowest BCUT2D eigenvalue weighted by Crippen LogP contribution is -2.44. The molecule has 0 bridgehead atoms. The van der Waals surface area contributed by atoms with E-state index in [9.17, 15) is 19.7 Å². The predicted octanol–water partition coefficient (Wildman–Crippen LogP) is 4.83. The van der Waals surface area contributed by atoms with E-state index in [0.29, 0.717) is 32.5 Å². The second-order valence-corrected chi connectivity index (χ2v) is 9.29. The maximum Gasteiger partial charge on any atom is 0.270 e. The highest BCUT2D eigenvalue weighted by Crippen LogP contribution is 2.20. The average Bonchev–Trinajstić information content (AvgIpc) is 3.38. The van der Waals surface area contributed by atoms with Crippen LogP contribution < -0.4 is 0 Å². The largest absolute Gasteiger partial charge is 0.385 e. The number of nitro groups is 1. The first-order valence-electron chi connectivity index (χ1n) is 12.9. The number of nitro benzene ring substituents is 1. The number of carbonyl (C=O) groups excluding carboxylic acids is 2. The molecule has 1 heterocycles. The second kappa shape index (κ2) is 13.3. The number of methoxy groups -OCH3 is 1. The summed E-state index contributed by atoms with van der Waals surface area (Å²) in [6.07, 6.45) is 3.14. The summed E-state index contributed by atoms with van der Waals surface area (Å²) in [7, 11) is 1.57. The molecule has 0 aliphatic heterocycles. The number of carbonyl (C=O) groups is 2. The summed E-state index contributed by atoms with van der Waals surface area (Å²) in [5.41, 5.74) is 3.14. The van der Waals surface area contributed by atoms with Crippen LogP contribution in [-0.2, 0) is 22.5 Å². The Morgan fingerprint density at radius 2 is 1.72 bits per heavy atom. The van der Waals surface area contributed by atoms with E-state index in [4.69, 9.17) is 4.74 Å². The van der Waals surface area contributed by atoms with E-state index < -0.39 is 10.8 Å². The molecule has 3 aromatic carbocycles. The van der Waals surface area contributed by atoms with Crippen LogP contribution in [0, 0.1) is 10.1 Å². The maximum atomic E-state index is 13.7. The normalized spacial score (nSPS) is 10.9. The van der Waals surface area contributed by atoms with Crippen LogP contribution in [0.25, 0.3) is 10.9 Å². The first-order chi connectivity index (χ1) is 19.0. The molecule has 2 amide bonds.